The van der Waals surface area contributed by atoms with E-state index in [-0.39, 0.29) is 17.1 Å². The molecule has 4 nitrogen and oxygen atoms in total. The van der Waals surface area contributed by atoms with Gasteiger partial charge in [0.05, 0.1) is 7.11 Å². The molecule has 0 atom stereocenters. The average Bonchev–Trinajstić information content (AvgIpc) is 2.37. The molecular formula is C10H16FeO4. The molecule has 0 saturated carbocycles. The second-order valence-corrected chi connectivity index (χ2v) is 1.79. The summed E-state index contributed by atoms with van der Waals surface area (Å²) in [5.41, 5.74) is 0. The summed E-state index contributed by atoms with van der Waals surface area (Å²) in [6, 6.07) is 0. The number of methoxy groups -OCH3 is 1. The first-order valence-corrected chi connectivity index (χ1v) is 3.71. The van der Waals surface area contributed by atoms with Crippen molar-refractivity contribution in [3.63, 3.8) is 0 Å². The molecule has 0 saturated heterocycles. The Kier molecular flexibility index (Phi) is 46.0. The quantitative estimate of drug-likeness (QED) is 0.663. The van der Waals surface area contributed by atoms with Gasteiger partial charge in [0.15, 0.2) is 0 Å². The third-order valence-corrected chi connectivity index (χ3v) is 1.20. The normalized spacial score (nSPS) is 10.3. The second kappa shape index (κ2) is 29.3. The molecule has 0 aliphatic heterocycles. The number of allylic oxidation sites excluding steroid dienone is 3. The van der Waals surface area contributed by atoms with Crippen molar-refractivity contribution >= 4 is 20.4 Å². The Morgan fingerprint density at radius 2 is 1.53 bits per heavy atom. The number of carbonyl (C=O) groups is 3. The van der Waals surface area contributed by atoms with Crippen molar-refractivity contribution in [2.24, 2.45) is 0 Å². The van der Waals surface area contributed by atoms with Crippen LogP contribution in [0.2, 0.25) is 0 Å². The number of carbonyl (C=O) groups excluding carboxylic acids is 3. The van der Waals surface area contributed by atoms with Crippen LogP contribution in [0.4, 0.5) is 0 Å². The van der Waals surface area contributed by atoms with E-state index in [0.29, 0.717) is 0 Å². The minimum absolute atomic E-state index is 0. The van der Waals surface area contributed by atoms with Gasteiger partial charge in [0.2, 0.25) is 0 Å². The molecular weight excluding hydrogens is 240 g/mol. The number of rotatable bonds is 1. The van der Waals surface area contributed by atoms with E-state index >= 15 is 0 Å². The van der Waals surface area contributed by atoms with E-state index in [1.165, 1.54) is 0 Å². The molecule has 0 aromatic rings. The number of hydrogen-bond donors (Lipinski definition) is 0. The van der Waals surface area contributed by atoms with Gasteiger partial charge < -0.3 is 19.1 Å². The Balaban J connectivity index is -0.0000000755. The maximum absolute atomic E-state index is 8.00. The molecule has 15 heavy (non-hydrogen) atoms. The molecule has 0 amide bonds. The van der Waals surface area contributed by atoms with Gasteiger partial charge in [-0.15, -0.1) is 0 Å². The van der Waals surface area contributed by atoms with Gasteiger partial charge in [0.1, 0.15) is 26.1 Å². The van der Waals surface area contributed by atoms with Crippen molar-refractivity contribution in [1.29, 1.82) is 0 Å². The monoisotopic (exact) mass is 256 g/mol. The number of ether oxygens (including phenoxy) is 1. The largest absolute Gasteiger partial charge is 0.497 e. The molecule has 0 fully saturated rings. The summed E-state index contributed by atoms with van der Waals surface area (Å²) >= 11 is 0. The Morgan fingerprint density at radius 3 is 1.73 bits per heavy atom. The van der Waals surface area contributed by atoms with Crippen LogP contribution in [0.3, 0.4) is 0 Å². The van der Waals surface area contributed by atoms with Gasteiger partial charge in [-0.3, -0.25) is 0 Å². The molecule has 0 aromatic heterocycles. The fourth-order valence-electron chi connectivity index (χ4n) is 0.741. The van der Waals surface area contributed by atoms with Crippen LogP contribution in [0.15, 0.2) is 24.0 Å². The van der Waals surface area contributed by atoms with Crippen LogP contribution in [-0.2, 0) is 36.2 Å². The fraction of sp³-hybridized carbons (Fsp3) is 0.300. The minimum atomic E-state index is 0. The van der Waals surface area contributed by atoms with Crippen LogP contribution in [0, 0.1) is 0 Å². The van der Waals surface area contributed by atoms with Gasteiger partial charge in [-0.1, -0.05) is 6.08 Å². The fourth-order valence-corrected chi connectivity index (χ4v) is 0.741. The van der Waals surface area contributed by atoms with Crippen LogP contribution in [0.5, 0.6) is 0 Å². The predicted octanol–water partition coefficient (Wildman–Crippen LogP) is 1.31. The maximum Gasteiger partial charge on any atom is 0.114 e. The molecule has 88 valence electrons. The summed E-state index contributed by atoms with van der Waals surface area (Å²) in [6.45, 7) is 6.00. The molecule has 0 N–H and O–H groups in total. The molecule has 1 aliphatic carbocycles. The van der Waals surface area contributed by atoms with Crippen LogP contribution < -0.4 is 0 Å². The first kappa shape index (κ1) is 23.5. The van der Waals surface area contributed by atoms with E-state index in [1.54, 1.807) is 7.11 Å². The molecule has 5 heteroatoms. The maximum atomic E-state index is 8.00. The molecule has 0 spiro atoms. The van der Waals surface area contributed by atoms with Gasteiger partial charge in [0, 0.05) is 17.1 Å². The average molecular weight is 256 g/mol. The topological polar surface area (TPSA) is 60.4 Å². The standard InChI is InChI=1S/C7H10O.3CH2O.Fe/c1-8-7-5-3-2-4-6-7;3*1-2;/h3,5-6H,2,4H2,1H3;3*1H2;. The van der Waals surface area contributed by atoms with E-state index in [2.05, 4.69) is 12.2 Å². The van der Waals surface area contributed by atoms with Crippen molar-refractivity contribution in [1.82, 2.24) is 0 Å². The Morgan fingerprint density at radius 1 is 1.07 bits per heavy atom. The minimum Gasteiger partial charge on any atom is -0.497 e. The summed E-state index contributed by atoms with van der Waals surface area (Å²) < 4.78 is 4.97. The third-order valence-electron chi connectivity index (χ3n) is 1.20. The molecule has 0 unspecified atom stereocenters. The Hall–Kier alpha value is -1.19. The Bertz CT molecular complexity index is 164. The summed E-state index contributed by atoms with van der Waals surface area (Å²) in [4.78, 5) is 24.0. The van der Waals surface area contributed by atoms with Crippen molar-refractivity contribution in [2.45, 2.75) is 12.8 Å². The van der Waals surface area contributed by atoms with E-state index in [1.807, 2.05) is 26.4 Å². The van der Waals surface area contributed by atoms with Crippen molar-refractivity contribution in [2.75, 3.05) is 7.11 Å². The van der Waals surface area contributed by atoms with E-state index in [0.717, 1.165) is 18.6 Å². The van der Waals surface area contributed by atoms with E-state index in [9.17, 15) is 0 Å². The van der Waals surface area contributed by atoms with Gasteiger partial charge in [-0.2, -0.15) is 0 Å². The molecule has 0 radical (unpaired) electrons. The SMILES string of the molecule is C=O.C=O.C=O.COC1=CCCC=C1.[Fe]. The van der Waals surface area contributed by atoms with E-state index in [4.69, 9.17) is 19.1 Å². The molecule has 1 rings (SSSR count). The van der Waals surface area contributed by atoms with Crippen LogP contribution in [-0.4, -0.2) is 27.5 Å². The zero-order chi connectivity index (χ0) is 11.8. The first-order valence-electron chi connectivity index (χ1n) is 3.71. The van der Waals surface area contributed by atoms with Crippen molar-refractivity contribution in [3.05, 3.63) is 24.0 Å². The van der Waals surface area contributed by atoms with Crippen molar-refractivity contribution < 1.29 is 36.2 Å². The van der Waals surface area contributed by atoms with Gasteiger partial charge in [-0.25, -0.2) is 0 Å². The second-order valence-electron chi connectivity index (χ2n) is 1.79. The zero-order valence-corrected chi connectivity index (χ0v) is 9.86. The van der Waals surface area contributed by atoms with Gasteiger partial charge in [0.25, 0.3) is 0 Å². The van der Waals surface area contributed by atoms with Crippen LogP contribution in [0.1, 0.15) is 12.8 Å². The predicted molar refractivity (Wildman–Crippen MR) is 54.8 cm³/mol. The molecule has 1 aliphatic rings. The third kappa shape index (κ3) is 19.3. The summed E-state index contributed by atoms with van der Waals surface area (Å²) in [6.07, 6.45) is 8.51. The zero-order valence-electron chi connectivity index (χ0n) is 8.75. The van der Waals surface area contributed by atoms with Gasteiger partial charge in [-0.05, 0) is 25.0 Å². The van der Waals surface area contributed by atoms with Crippen molar-refractivity contribution in [3.8, 4) is 0 Å². The summed E-state index contributed by atoms with van der Waals surface area (Å²) in [7, 11) is 1.70. The summed E-state index contributed by atoms with van der Waals surface area (Å²) in [5, 5.41) is 0. The van der Waals surface area contributed by atoms with Crippen LogP contribution >= 0.6 is 0 Å². The molecule has 0 bridgehead atoms. The summed E-state index contributed by atoms with van der Waals surface area (Å²) in [5.74, 6) is 0.997. The van der Waals surface area contributed by atoms with Gasteiger partial charge >= 0.3 is 0 Å². The first-order chi connectivity index (χ1) is 6.93. The van der Waals surface area contributed by atoms with Crippen LogP contribution in [0.25, 0.3) is 0 Å². The molecule has 0 heterocycles. The molecule has 0 aromatic carbocycles. The van der Waals surface area contributed by atoms with E-state index < -0.39 is 0 Å². The Labute approximate surface area is 101 Å². The number of hydrogen-bond acceptors (Lipinski definition) is 4. The smallest absolute Gasteiger partial charge is 0.114 e.